The van der Waals surface area contributed by atoms with Gasteiger partial charge in [-0.1, -0.05) is 77.3 Å². The molecule has 294 valence electrons. The number of carbonyl (C=O) groups excluding carboxylic acids is 4. The highest BCUT2D eigenvalue weighted by Crippen LogP contribution is 2.41. The van der Waals surface area contributed by atoms with Gasteiger partial charge in [0, 0.05) is 48.6 Å². The number of likely N-dealkylation sites (tertiary alicyclic amines) is 1. The zero-order chi connectivity index (χ0) is 39.2. The summed E-state index contributed by atoms with van der Waals surface area (Å²) in [4.78, 5) is 61.5. The van der Waals surface area contributed by atoms with E-state index in [0.29, 0.717) is 36.2 Å². The summed E-state index contributed by atoms with van der Waals surface area (Å²) in [5.41, 5.74) is -1.13. The monoisotopic (exact) mass is 754 g/mol. The molecule has 54 heavy (non-hydrogen) atoms. The van der Waals surface area contributed by atoms with E-state index in [1.54, 1.807) is 12.1 Å². The molecule has 3 N–H and O–H groups in total. The van der Waals surface area contributed by atoms with E-state index in [-0.39, 0.29) is 78.9 Å². The van der Waals surface area contributed by atoms with Crippen molar-refractivity contribution in [3.8, 4) is 0 Å². The highest BCUT2D eigenvalue weighted by Gasteiger charge is 2.47. The smallest absolute Gasteiger partial charge is 0.358 e. The molecule has 2 heterocycles. The van der Waals surface area contributed by atoms with E-state index in [9.17, 15) is 36.7 Å². The molecule has 3 aromatic rings. The van der Waals surface area contributed by atoms with Crippen LogP contribution in [0, 0.1) is 29.5 Å². The van der Waals surface area contributed by atoms with Crippen molar-refractivity contribution >= 4 is 34.3 Å². The lowest BCUT2D eigenvalue weighted by Crippen LogP contribution is -2.60. The van der Waals surface area contributed by atoms with Crippen LogP contribution in [0.4, 0.5) is 17.6 Å². The molecule has 0 spiro atoms. The Hall–Kier alpha value is -4.06. The fourth-order valence-electron chi connectivity index (χ4n) is 8.13. The number of H-pyrrole nitrogens is 1. The van der Waals surface area contributed by atoms with Crippen LogP contribution in [0.25, 0.3) is 10.9 Å². The zero-order valence-corrected chi connectivity index (χ0v) is 31.8. The highest BCUT2D eigenvalue weighted by atomic mass is 19.4. The third kappa shape index (κ3) is 9.41. The van der Waals surface area contributed by atoms with E-state index in [2.05, 4.69) is 20.5 Å². The van der Waals surface area contributed by atoms with Gasteiger partial charge in [-0.15, -0.1) is 0 Å². The van der Waals surface area contributed by atoms with Crippen molar-refractivity contribution in [1.29, 1.82) is 0 Å². The maximum atomic E-state index is 14.8. The number of para-hydroxylation sites is 1. The van der Waals surface area contributed by atoms with Crippen LogP contribution in [0.1, 0.15) is 101 Å². The fraction of sp³-hybridized carbons (Fsp3) is 0.571. The van der Waals surface area contributed by atoms with Gasteiger partial charge in [0.25, 0.3) is 0 Å². The van der Waals surface area contributed by atoms with Crippen LogP contribution < -0.4 is 10.6 Å². The van der Waals surface area contributed by atoms with Crippen LogP contribution in [0.2, 0.25) is 0 Å². The Balaban J connectivity index is 1.47. The molecule has 1 aromatic heterocycles. The van der Waals surface area contributed by atoms with E-state index >= 15 is 0 Å². The quantitative estimate of drug-likeness (QED) is 0.130. The number of amides is 2. The maximum Gasteiger partial charge on any atom is 0.418 e. The minimum absolute atomic E-state index is 0.0737. The average Bonchev–Trinajstić information content (AvgIpc) is 3.52. The maximum absolute atomic E-state index is 14.8. The number of halogens is 4. The van der Waals surface area contributed by atoms with E-state index in [4.69, 9.17) is 0 Å². The minimum Gasteiger partial charge on any atom is -0.358 e. The summed E-state index contributed by atoms with van der Waals surface area (Å²) in [5, 5.41) is 6.43. The van der Waals surface area contributed by atoms with Crippen molar-refractivity contribution in [2.24, 2.45) is 23.7 Å². The van der Waals surface area contributed by atoms with Crippen molar-refractivity contribution < 1.29 is 36.7 Å². The molecule has 1 aliphatic heterocycles. The third-order valence-corrected chi connectivity index (χ3v) is 12.0. The number of Topliss-reactive ketones (excluding diaryl/α,β-unsaturated/α-hetero) is 2. The van der Waals surface area contributed by atoms with Gasteiger partial charge < -0.3 is 15.6 Å². The van der Waals surface area contributed by atoms with E-state index in [1.165, 1.54) is 24.3 Å². The predicted octanol–water partition coefficient (Wildman–Crippen LogP) is 7.71. The Kier molecular flexibility index (Phi) is 13.4. The molecule has 1 saturated heterocycles. The number of ketones is 2. The first-order chi connectivity index (χ1) is 25.7. The Morgan fingerprint density at radius 3 is 2.20 bits per heavy atom. The largest absolute Gasteiger partial charge is 0.418 e. The molecule has 2 unspecified atom stereocenters. The second kappa shape index (κ2) is 17.6. The summed E-state index contributed by atoms with van der Waals surface area (Å²) >= 11 is 0. The van der Waals surface area contributed by atoms with E-state index < -0.39 is 40.8 Å². The van der Waals surface area contributed by atoms with Crippen LogP contribution in [0.5, 0.6) is 0 Å². The second-order valence-corrected chi connectivity index (χ2v) is 15.6. The summed E-state index contributed by atoms with van der Waals surface area (Å²) in [5.74, 6) is -3.99. The molecule has 2 aromatic carbocycles. The number of piperidine rings is 1. The summed E-state index contributed by atoms with van der Waals surface area (Å²) in [6.07, 6.45) is -0.529. The number of fused-ring (bicyclic) bond motifs is 3. The van der Waals surface area contributed by atoms with Gasteiger partial charge in [0.1, 0.15) is 17.1 Å². The number of aryl methyl sites for hydroxylation is 1. The summed E-state index contributed by atoms with van der Waals surface area (Å²) < 4.78 is 56.7. The minimum atomic E-state index is -4.61. The number of aromatic amines is 1. The van der Waals surface area contributed by atoms with Crippen LogP contribution in [-0.4, -0.2) is 58.6 Å². The van der Waals surface area contributed by atoms with Crippen molar-refractivity contribution in [3.63, 3.8) is 0 Å². The molecule has 2 amide bonds. The summed E-state index contributed by atoms with van der Waals surface area (Å²) in [7, 11) is 0. The lowest BCUT2D eigenvalue weighted by atomic mass is 9.72. The molecule has 0 radical (unpaired) electrons. The van der Waals surface area contributed by atoms with E-state index in [1.807, 2.05) is 27.7 Å². The van der Waals surface area contributed by atoms with Gasteiger partial charge in [0.2, 0.25) is 11.8 Å². The van der Waals surface area contributed by atoms with E-state index in [0.717, 1.165) is 38.4 Å². The fourth-order valence-corrected chi connectivity index (χ4v) is 8.13. The van der Waals surface area contributed by atoms with Crippen LogP contribution >= 0.6 is 0 Å². The van der Waals surface area contributed by atoms with Crippen LogP contribution in [0.15, 0.2) is 42.5 Å². The molecule has 5 rings (SSSR count). The number of nitrogens with zero attached hydrogens (tertiary/aromatic N) is 1. The number of hydrogen-bond acceptors (Lipinski definition) is 5. The Morgan fingerprint density at radius 1 is 0.889 bits per heavy atom. The number of alkyl halides is 3. The Morgan fingerprint density at radius 2 is 1.56 bits per heavy atom. The molecule has 8 nitrogen and oxygen atoms in total. The molecule has 5 atom stereocenters. The highest BCUT2D eigenvalue weighted by molar-refractivity contribution is 5.99. The van der Waals surface area contributed by atoms with Gasteiger partial charge in [0.05, 0.1) is 17.7 Å². The number of benzene rings is 2. The zero-order valence-electron chi connectivity index (χ0n) is 31.8. The van der Waals surface area contributed by atoms with Crippen molar-refractivity contribution in [2.45, 2.75) is 110 Å². The van der Waals surface area contributed by atoms with Crippen molar-refractivity contribution in [2.75, 3.05) is 19.8 Å². The molecule has 12 heteroatoms. The summed E-state index contributed by atoms with van der Waals surface area (Å²) in [6.45, 7) is 9.74. The van der Waals surface area contributed by atoms with Gasteiger partial charge in [-0.05, 0) is 73.9 Å². The van der Waals surface area contributed by atoms with Gasteiger partial charge in [-0.25, -0.2) is 4.39 Å². The molecule has 0 saturated carbocycles. The Labute approximate surface area is 315 Å². The molecule has 1 fully saturated rings. The molecule has 1 aliphatic carbocycles. The number of nitrogens with one attached hydrogen (secondary N) is 3. The third-order valence-electron chi connectivity index (χ3n) is 12.0. The number of rotatable bonds is 16. The van der Waals surface area contributed by atoms with Gasteiger partial charge in [-0.2, -0.15) is 13.2 Å². The lowest BCUT2D eigenvalue weighted by Gasteiger charge is -2.39. The first-order valence-corrected chi connectivity index (χ1v) is 19.5. The van der Waals surface area contributed by atoms with Crippen LogP contribution in [0.3, 0.4) is 0 Å². The SMILES string of the molecule is CCC(C)[C@H](CC(=O)[C@@]1(NC(=O)[C@@H](CC(=O)Cc2ccccc2F)C(C)CC)CCc2[nH]c3c(C(F)(F)F)cccc3c2C1)C(=O)NCN1CCCCC1. The molecule has 0 bridgehead atoms. The predicted molar refractivity (Wildman–Crippen MR) is 200 cm³/mol. The standard InChI is InChI=1S/C42H54F4N4O4/c1-5-26(3)31(22-29(51)21-28-13-8-9-16-35(28)43)40(54)49-41(18-17-36-33(24-41)30-14-12-15-34(38(30)48-36)42(44,45)46)37(52)23-32(27(4)6-2)39(53)47-25-50-19-10-7-11-20-50/h8-9,12-16,26-27,31-32,48H,5-7,10-11,17-25H2,1-4H3,(H,47,53)(H,49,54)/t26?,27?,31-,32-,41+/m0/s1. The van der Waals surface area contributed by atoms with Crippen molar-refractivity contribution in [1.82, 2.24) is 20.5 Å². The second-order valence-electron chi connectivity index (χ2n) is 15.6. The van der Waals surface area contributed by atoms with Gasteiger partial charge >= 0.3 is 6.18 Å². The average molecular weight is 755 g/mol. The summed E-state index contributed by atoms with van der Waals surface area (Å²) in [6, 6.07) is 9.91. The molecular formula is C42H54F4N4O4. The van der Waals surface area contributed by atoms with Gasteiger partial charge in [-0.3, -0.25) is 24.1 Å². The van der Waals surface area contributed by atoms with Crippen molar-refractivity contribution in [3.05, 3.63) is 70.7 Å². The van der Waals surface area contributed by atoms with Crippen LogP contribution in [-0.2, 0) is 44.6 Å². The topological polar surface area (TPSA) is 111 Å². The Bertz CT molecular complexity index is 1820. The normalized spacial score (nSPS) is 20.1. The first kappa shape index (κ1) is 41.1. The number of carbonyl (C=O) groups is 4. The number of aromatic nitrogens is 1. The first-order valence-electron chi connectivity index (χ1n) is 19.5. The van der Waals surface area contributed by atoms with Gasteiger partial charge in [0.15, 0.2) is 5.78 Å². The lowest BCUT2D eigenvalue weighted by molar-refractivity contribution is -0.139. The number of hydrogen-bond donors (Lipinski definition) is 3. The molecular weight excluding hydrogens is 700 g/mol. The molecule has 2 aliphatic rings.